The first kappa shape index (κ1) is 13.6. The largest absolute Gasteiger partial charge is 0.318 e. The summed E-state index contributed by atoms with van der Waals surface area (Å²) in [6.07, 6.45) is 0. The lowest BCUT2D eigenvalue weighted by Gasteiger charge is -2.07. The van der Waals surface area contributed by atoms with Crippen molar-refractivity contribution >= 4 is 10.0 Å². The first-order chi connectivity index (χ1) is 8.09. The number of benzene rings is 1. The van der Waals surface area contributed by atoms with Gasteiger partial charge in [0.25, 0.3) is 0 Å². The van der Waals surface area contributed by atoms with Crippen LogP contribution in [0.2, 0.25) is 0 Å². The molecule has 17 heavy (non-hydrogen) atoms. The standard InChI is InChI=1S/C11H15N3O2S/c1-13-6-7-14-17(15,16)9-11-5-3-2-4-10(11)8-12/h2-5,13-14H,6-7,9H2,1H3. The summed E-state index contributed by atoms with van der Waals surface area (Å²) >= 11 is 0. The zero-order chi connectivity index (χ0) is 12.7. The van der Waals surface area contributed by atoms with Crippen LogP contribution in [-0.4, -0.2) is 28.6 Å². The third-order valence-corrected chi connectivity index (χ3v) is 3.52. The molecular formula is C11H15N3O2S. The van der Waals surface area contributed by atoms with Gasteiger partial charge in [0.15, 0.2) is 0 Å². The SMILES string of the molecule is CNCCNS(=O)(=O)Cc1ccccc1C#N. The van der Waals surface area contributed by atoms with E-state index in [0.717, 1.165) is 0 Å². The minimum atomic E-state index is -3.38. The Morgan fingerprint density at radius 3 is 2.65 bits per heavy atom. The van der Waals surface area contributed by atoms with Gasteiger partial charge in [-0.1, -0.05) is 18.2 Å². The summed E-state index contributed by atoms with van der Waals surface area (Å²) in [6, 6.07) is 8.67. The highest BCUT2D eigenvalue weighted by Gasteiger charge is 2.13. The quantitative estimate of drug-likeness (QED) is 0.709. The molecular weight excluding hydrogens is 238 g/mol. The number of likely N-dealkylation sites (N-methyl/N-ethyl adjacent to an activating group) is 1. The van der Waals surface area contributed by atoms with Crippen LogP contribution in [0, 0.1) is 11.3 Å². The Kier molecular flexibility index (Phi) is 5.10. The van der Waals surface area contributed by atoms with Gasteiger partial charge >= 0.3 is 0 Å². The van der Waals surface area contributed by atoms with E-state index < -0.39 is 10.0 Å². The van der Waals surface area contributed by atoms with E-state index in [1.165, 1.54) is 0 Å². The molecule has 6 heteroatoms. The molecule has 0 aromatic heterocycles. The second kappa shape index (κ2) is 6.35. The predicted octanol–water partition coefficient (Wildman–Crippen LogP) is 0.197. The Balaban J connectivity index is 2.73. The predicted molar refractivity (Wildman–Crippen MR) is 65.7 cm³/mol. The van der Waals surface area contributed by atoms with Gasteiger partial charge in [0.2, 0.25) is 10.0 Å². The smallest absolute Gasteiger partial charge is 0.215 e. The number of rotatable bonds is 6. The van der Waals surface area contributed by atoms with E-state index in [9.17, 15) is 8.42 Å². The van der Waals surface area contributed by atoms with Gasteiger partial charge in [0.1, 0.15) is 0 Å². The van der Waals surface area contributed by atoms with Crippen molar-refractivity contribution in [2.75, 3.05) is 20.1 Å². The molecule has 0 saturated heterocycles. The molecule has 0 heterocycles. The van der Waals surface area contributed by atoms with Gasteiger partial charge in [0, 0.05) is 13.1 Å². The summed E-state index contributed by atoms with van der Waals surface area (Å²) in [6.45, 7) is 0.909. The minimum Gasteiger partial charge on any atom is -0.318 e. The highest BCUT2D eigenvalue weighted by Crippen LogP contribution is 2.10. The van der Waals surface area contributed by atoms with E-state index in [4.69, 9.17) is 5.26 Å². The molecule has 0 saturated carbocycles. The lowest BCUT2D eigenvalue weighted by Crippen LogP contribution is -2.31. The van der Waals surface area contributed by atoms with E-state index in [0.29, 0.717) is 24.2 Å². The molecule has 5 nitrogen and oxygen atoms in total. The summed E-state index contributed by atoms with van der Waals surface area (Å²) in [5, 5.41) is 11.7. The third-order valence-electron chi connectivity index (χ3n) is 2.18. The van der Waals surface area contributed by atoms with Gasteiger partial charge in [-0.25, -0.2) is 13.1 Å². The van der Waals surface area contributed by atoms with E-state index in [1.54, 1.807) is 31.3 Å². The number of nitrogens with one attached hydrogen (secondary N) is 2. The molecule has 0 fully saturated rings. The Morgan fingerprint density at radius 2 is 2.00 bits per heavy atom. The Hall–Kier alpha value is -1.42. The topological polar surface area (TPSA) is 82.0 Å². The molecule has 0 unspecified atom stereocenters. The van der Waals surface area contributed by atoms with Crippen molar-refractivity contribution in [1.82, 2.24) is 10.0 Å². The third kappa shape index (κ3) is 4.53. The van der Waals surface area contributed by atoms with Gasteiger partial charge in [0.05, 0.1) is 17.4 Å². The highest BCUT2D eigenvalue weighted by atomic mass is 32.2. The van der Waals surface area contributed by atoms with E-state index in [1.807, 2.05) is 6.07 Å². The number of hydrogen-bond acceptors (Lipinski definition) is 4. The number of nitrogens with zero attached hydrogens (tertiary/aromatic N) is 1. The average molecular weight is 253 g/mol. The van der Waals surface area contributed by atoms with Crippen molar-refractivity contribution in [2.24, 2.45) is 0 Å². The normalized spacial score (nSPS) is 11.1. The maximum Gasteiger partial charge on any atom is 0.215 e. The summed E-state index contributed by atoms with van der Waals surface area (Å²) in [4.78, 5) is 0. The minimum absolute atomic E-state index is 0.166. The lowest BCUT2D eigenvalue weighted by molar-refractivity contribution is 0.578. The van der Waals surface area contributed by atoms with Crippen LogP contribution in [0.25, 0.3) is 0 Å². The van der Waals surface area contributed by atoms with Crippen molar-refractivity contribution in [2.45, 2.75) is 5.75 Å². The van der Waals surface area contributed by atoms with Crippen LogP contribution >= 0.6 is 0 Å². The molecule has 2 N–H and O–H groups in total. The van der Waals surface area contributed by atoms with Crippen LogP contribution in [-0.2, 0) is 15.8 Å². The Bertz CT molecular complexity index is 506. The highest BCUT2D eigenvalue weighted by molar-refractivity contribution is 7.88. The van der Waals surface area contributed by atoms with Crippen molar-refractivity contribution in [3.05, 3.63) is 35.4 Å². The number of sulfonamides is 1. The van der Waals surface area contributed by atoms with Gasteiger partial charge in [-0.05, 0) is 18.7 Å². The molecule has 0 amide bonds. The maximum absolute atomic E-state index is 11.7. The Morgan fingerprint density at radius 1 is 1.29 bits per heavy atom. The molecule has 1 rings (SSSR count). The van der Waals surface area contributed by atoms with Crippen LogP contribution in [0.15, 0.2) is 24.3 Å². The van der Waals surface area contributed by atoms with Gasteiger partial charge in [-0.15, -0.1) is 0 Å². The van der Waals surface area contributed by atoms with Gasteiger partial charge in [-0.3, -0.25) is 0 Å². The van der Waals surface area contributed by atoms with Crippen molar-refractivity contribution in [3.63, 3.8) is 0 Å². The summed E-state index contributed by atoms with van der Waals surface area (Å²) in [5.41, 5.74) is 0.915. The first-order valence-corrected chi connectivity index (χ1v) is 6.84. The zero-order valence-corrected chi connectivity index (χ0v) is 10.4. The second-order valence-electron chi connectivity index (χ2n) is 3.53. The molecule has 0 radical (unpaired) electrons. The molecule has 0 aliphatic carbocycles. The van der Waals surface area contributed by atoms with E-state index in [2.05, 4.69) is 10.0 Å². The Labute approximate surface area is 102 Å². The number of nitriles is 1. The van der Waals surface area contributed by atoms with Crippen molar-refractivity contribution in [1.29, 1.82) is 5.26 Å². The van der Waals surface area contributed by atoms with Crippen LogP contribution in [0.3, 0.4) is 0 Å². The van der Waals surface area contributed by atoms with Crippen LogP contribution in [0.5, 0.6) is 0 Å². The monoisotopic (exact) mass is 253 g/mol. The summed E-state index contributed by atoms with van der Waals surface area (Å²) in [7, 11) is -1.63. The number of hydrogen-bond donors (Lipinski definition) is 2. The molecule has 1 aromatic rings. The molecule has 0 bridgehead atoms. The molecule has 0 atom stereocenters. The molecule has 0 aliphatic rings. The fourth-order valence-electron chi connectivity index (χ4n) is 1.34. The lowest BCUT2D eigenvalue weighted by atomic mass is 10.1. The average Bonchev–Trinajstić information content (AvgIpc) is 2.29. The van der Waals surface area contributed by atoms with Crippen LogP contribution < -0.4 is 10.0 Å². The van der Waals surface area contributed by atoms with E-state index >= 15 is 0 Å². The molecule has 0 spiro atoms. The fraction of sp³-hybridized carbons (Fsp3) is 0.364. The van der Waals surface area contributed by atoms with Crippen molar-refractivity contribution < 1.29 is 8.42 Å². The first-order valence-electron chi connectivity index (χ1n) is 5.19. The molecule has 1 aromatic carbocycles. The van der Waals surface area contributed by atoms with Crippen LogP contribution in [0.4, 0.5) is 0 Å². The fourth-order valence-corrected chi connectivity index (χ4v) is 2.52. The summed E-state index contributed by atoms with van der Waals surface area (Å²) < 4.78 is 25.8. The van der Waals surface area contributed by atoms with Crippen molar-refractivity contribution in [3.8, 4) is 6.07 Å². The van der Waals surface area contributed by atoms with E-state index in [-0.39, 0.29) is 5.75 Å². The van der Waals surface area contributed by atoms with Crippen LogP contribution in [0.1, 0.15) is 11.1 Å². The summed E-state index contributed by atoms with van der Waals surface area (Å²) in [5.74, 6) is -0.166. The van der Waals surface area contributed by atoms with Gasteiger partial charge < -0.3 is 5.32 Å². The zero-order valence-electron chi connectivity index (χ0n) is 9.60. The van der Waals surface area contributed by atoms with Gasteiger partial charge in [-0.2, -0.15) is 5.26 Å². The second-order valence-corrected chi connectivity index (χ2v) is 5.33. The maximum atomic E-state index is 11.7. The molecule has 92 valence electrons. The molecule has 0 aliphatic heterocycles.